The van der Waals surface area contributed by atoms with E-state index in [1.54, 1.807) is 36.3 Å². The lowest BCUT2D eigenvalue weighted by molar-refractivity contribution is 0.391. The number of hydrogen-bond acceptors (Lipinski definition) is 5. The van der Waals surface area contributed by atoms with E-state index in [0.717, 1.165) is 11.4 Å². The average molecular weight is 253 g/mol. The lowest BCUT2D eigenvalue weighted by Crippen LogP contribution is -2.04. The highest BCUT2D eigenvalue weighted by Gasteiger charge is 2.09. The van der Waals surface area contributed by atoms with E-state index in [9.17, 15) is 0 Å². The molecule has 0 aliphatic carbocycles. The van der Waals surface area contributed by atoms with Crippen LogP contribution in [0.3, 0.4) is 0 Å². The lowest BCUT2D eigenvalue weighted by Gasteiger charge is -2.05. The van der Waals surface area contributed by atoms with Crippen LogP contribution in [0.1, 0.15) is 0 Å². The fourth-order valence-corrected chi connectivity index (χ4v) is 1.73. The molecule has 0 N–H and O–H groups in total. The third-order valence-corrected chi connectivity index (χ3v) is 2.62. The minimum absolute atomic E-state index is 0.468. The molecule has 6 nitrogen and oxygen atoms in total. The van der Waals surface area contributed by atoms with Gasteiger partial charge in [0.25, 0.3) is 0 Å². The van der Waals surface area contributed by atoms with Crippen molar-refractivity contribution in [3.8, 4) is 23.1 Å². The molecule has 3 aromatic heterocycles. The molecule has 0 saturated heterocycles. The molecule has 3 heterocycles. The Labute approximate surface area is 109 Å². The first-order valence-corrected chi connectivity index (χ1v) is 5.72. The number of aromatic nitrogens is 5. The number of nitrogens with zero attached hydrogens (tertiary/aromatic N) is 5. The first-order valence-electron chi connectivity index (χ1n) is 5.72. The van der Waals surface area contributed by atoms with Gasteiger partial charge in [-0.3, -0.25) is 4.98 Å². The van der Waals surface area contributed by atoms with Crippen LogP contribution in [0.25, 0.3) is 17.2 Å². The fourth-order valence-electron chi connectivity index (χ4n) is 1.73. The summed E-state index contributed by atoms with van der Waals surface area (Å²) < 4.78 is 6.68. The molecule has 0 bridgehead atoms. The van der Waals surface area contributed by atoms with E-state index in [0.29, 0.717) is 11.7 Å². The van der Waals surface area contributed by atoms with Gasteiger partial charge in [-0.15, -0.1) is 10.2 Å². The Morgan fingerprint density at radius 2 is 1.95 bits per heavy atom. The van der Waals surface area contributed by atoms with Crippen molar-refractivity contribution < 1.29 is 4.74 Å². The summed E-state index contributed by atoms with van der Waals surface area (Å²) >= 11 is 0. The van der Waals surface area contributed by atoms with Gasteiger partial charge in [-0.05, 0) is 24.3 Å². The molecule has 0 amide bonds. The molecule has 3 rings (SSSR count). The molecule has 3 aromatic rings. The first-order chi connectivity index (χ1) is 9.38. The first kappa shape index (κ1) is 11.3. The molecular formula is C13H11N5O. The summed E-state index contributed by atoms with van der Waals surface area (Å²) in [6, 6.07) is 11.1. The van der Waals surface area contributed by atoms with Gasteiger partial charge in [-0.1, -0.05) is 6.07 Å². The minimum atomic E-state index is 0.468. The van der Waals surface area contributed by atoms with Crippen LogP contribution in [0.4, 0.5) is 0 Å². The lowest BCUT2D eigenvalue weighted by atomic mass is 10.3. The quantitative estimate of drug-likeness (QED) is 0.711. The van der Waals surface area contributed by atoms with E-state index in [2.05, 4.69) is 20.3 Å². The van der Waals surface area contributed by atoms with Crippen LogP contribution < -0.4 is 4.74 Å². The molecule has 0 atom stereocenters. The third kappa shape index (κ3) is 2.15. The van der Waals surface area contributed by atoms with Crippen LogP contribution in [0.15, 0.2) is 48.8 Å². The largest absolute Gasteiger partial charge is 0.480 e. The molecule has 6 heteroatoms. The Balaban J connectivity index is 2.04. The van der Waals surface area contributed by atoms with Crippen molar-refractivity contribution in [3.63, 3.8) is 0 Å². The summed E-state index contributed by atoms with van der Waals surface area (Å²) in [7, 11) is 1.55. The van der Waals surface area contributed by atoms with Gasteiger partial charge in [0.1, 0.15) is 0 Å². The third-order valence-electron chi connectivity index (χ3n) is 2.62. The molecule has 0 fully saturated rings. The van der Waals surface area contributed by atoms with Crippen molar-refractivity contribution >= 4 is 0 Å². The Bertz CT molecular complexity index is 663. The monoisotopic (exact) mass is 253 g/mol. The Morgan fingerprint density at radius 3 is 2.63 bits per heavy atom. The predicted molar refractivity (Wildman–Crippen MR) is 68.9 cm³/mol. The van der Waals surface area contributed by atoms with Crippen molar-refractivity contribution in [1.82, 2.24) is 25.0 Å². The zero-order chi connectivity index (χ0) is 13.1. The molecule has 0 aliphatic rings. The van der Waals surface area contributed by atoms with Crippen molar-refractivity contribution in [1.29, 1.82) is 0 Å². The summed E-state index contributed by atoms with van der Waals surface area (Å²) in [5.41, 5.74) is 1.69. The van der Waals surface area contributed by atoms with E-state index in [4.69, 9.17) is 4.74 Å². The Hall–Kier alpha value is -2.76. The number of ether oxygens (including phenoxy) is 1. The van der Waals surface area contributed by atoms with E-state index in [1.807, 2.05) is 24.3 Å². The second-order valence-electron chi connectivity index (χ2n) is 3.78. The van der Waals surface area contributed by atoms with Crippen LogP contribution in [0.5, 0.6) is 5.88 Å². The van der Waals surface area contributed by atoms with Gasteiger partial charge in [-0.25, -0.2) is 4.68 Å². The fraction of sp³-hybridized carbons (Fsp3) is 0.0769. The topological polar surface area (TPSA) is 65.7 Å². The Kier molecular flexibility index (Phi) is 2.89. The second-order valence-corrected chi connectivity index (χ2v) is 3.78. The maximum Gasteiger partial charge on any atom is 0.233 e. The van der Waals surface area contributed by atoms with E-state index < -0.39 is 0 Å². The van der Waals surface area contributed by atoms with E-state index in [-0.39, 0.29) is 0 Å². The van der Waals surface area contributed by atoms with Gasteiger partial charge in [0.15, 0.2) is 5.82 Å². The molecule has 19 heavy (non-hydrogen) atoms. The maximum absolute atomic E-state index is 4.99. The van der Waals surface area contributed by atoms with Crippen molar-refractivity contribution in [3.05, 3.63) is 48.8 Å². The molecular weight excluding hydrogens is 242 g/mol. The zero-order valence-corrected chi connectivity index (χ0v) is 10.3. The summed E-state index contributed by atoms with van der Waals surface area (Å²) in [4.78, 5) is 4.31. The van der Waals surface area contributed by atoms with Crippen molar-refractivity contribution in [2.75, 3.05) is 7.11 Å². The standard InChI is InChI=1S/C13H11N5O/c1-19-13-6-5-12(16-17-13)18-11(7-9-15-18)10-4-2-3-8-14-10/h2-9H,1H3. The predicted octanol–water partition coefficient (Wildman–Crippen LogP) is 1.73. The van der Waals surface area contributed by atoms with Crippen LogP contribution in [0, 0.1) is 0 Å². The normalized spacial score (nSPS) is 10.4. The summed E-state index contributed by atoms with van der Waals surface area (Å²) in [5, 5.41) is 12.3. The van der Waals surface area contributed by atoms with Crippen LogP contribution in [-0.4, -0.2) is 32.1 Å². The van der Waals surface area contributed by atoms with Gasteiger partial charge in [0, 0.05) is 12.3 Å². The Morgan fingerprint density at radius 1 is 1.00 bits per heavy atom. The number of rotatable bonds is 3. The molecule has 0 aliphatic heterocycles. The molecule has 0 aromatic carbocycles. The zero-order valence-electron chi connectivity index (χ0n) is 10.3. The van der Waals surface area contributed by atoms with Gasteiger partial charge in [0.05, 0.1) is 24.7 Å². The van der Waals surface area contributed by atoms with Gasteiger partial charge < -0.3 is 4.74 Å². The summed E-state index contributed by atoms with van der Waals surface area (Å²) in [6.07, 6.45) is 3.45. The smallest absolute Gasteiger partial charge is 0.233 e. The highest BCUT2D eigenvalue weighted by Crippen LogP contribution is 2.19. The second kappa shape index (κ2) is 4.85. The van der Waals surface area contributed by atoms with E-state index in [1.165, 1.54) is 0 Å². The summed E-state index contributed by atoms with van der Waals surface area (Å²) in [6.45, 7) is 0. The van der Waals surface area contributed by atoms with Crippen LogP contribution in [-0.2, 0) is 0 Å². The summed E-state index contributed by atoms with van der Waals surface area (Å²) in [5.74, 6) is 1.08. The highest BCUT2D eigenvalue weighted by atomic mass is 16.5. The molecule has 0 unspecified atom stereocenters. The minimum Gasteiger partial charge on any atom is -0.480 e. The molecule has 0 saturated carbocycles. The maximum atomic E-state index is 4.99. The van der Waals surface area contributed by atoms with Crippen LogP contribution in [0.2, 0.25) is 0 Å². The molecule has 94 valence electrons. The number of pyridine rings is 1. The van der Waals surface area contributed by atoms with Crippen LogP contribution >= 0.6 is 0 Å². The molecule has 0 radical (unpaired) electrons. The highest BCUT2D eigenvalue weighted by molar-refractivity contribution is 5.56. The van der Waals surface area contributed by atoms with Gasteiger partial charge in [-0.2, -0.15) is 5.10 Å². The number of hydrogen-bond donors (Lipinski definition) is 0. The SMILES string of the molecule is COc1ccc(-n2nccc2-c2ccccn2)nn1. The van der Waals surface area contributed by atoms with E-state index >= 15 is 0 Å². The molecule has 0 spiro atoms. The van der Waals surface area contributed by atoms with Crippen molar-refractivity contribution in [2.24, 2.45) is 0 Å². The average Bonchev–Trinajstić information content (AvgIpc) is 2.98. The van der Waals surface area contributed by atoms with Crippen molar-refractivity contribution in [2.45, 2.75) is 0 Å². The number of methoxy groups -OCH3 is 1. The van der Waals surface area contributed by atoms with Gasteiger partial charge in [0.2, 0.25) is 5.88 Å². The van der Waals surface area contributed by atoms with Gasteiger partial charge >= 0.3 is 0 Å².